The zero-order valence-electron chi connectivity index (χ0n) is 25.4. The Morgan fingerprint density at radius 1 is 0.533 bits per heavy atom. The van der Waals surface area contributed by atoms with E-state index in [0.717, 1.165) is 64.9 Å². The molecule has 0 bridgehead atoms. The van der Waals surface area contributed by atoms with Crippen LogP contribution >= 0.6 is 0 Å². The van der Waals surface area contributed by atoms with E-state index in [1.165, 1.54) is 0 Å². The van der Waals surface area contributed by atoms with Gasteiger partial charge in [0.2, 0.25) is 0 Å². The molecule has 6 heteroatoms. The highest BCUT2D eigenvalue weighted by Gasteiger charge is 2.23. The van der Waals surface area contributed by atoms with E-state index >= 15 is 0 Å². The third-order valence-corrected chi connectivity index (χ3v) is 7.21. The van der Waals surface area contributed by atoms with Gasteiger partial charge in [0, 0.05) is 22.3 Å². The zero-order chi connectivity index (χ0) is 30.7. The summed E-state index contributed by atoms with van der Waals surface area (Å²) in [5.74, 6) is 16.5. The van der Waals surface area contributed by atoms with Crippen molar-refractivity contribution >= 4 is 0 Å². The second kappa shape index (κ2) is 15.2. The monoisotopic (exact) mass is 600 g/mol. The van der Waals surface area contributed by atoms with E-state index in [0.29, 0.717) is 32.3 Å². The highest BCUT2D eigenvalue weighted by Crippen LogP contribution is 2.19. The molecule has 0 spiro atoms. The number of rotatable bonds is 13. The molecule has 0 radical (unpaired) electrons. The van der Waals surface area contributed by atoms with Crippen molar-refractivity contribution in [2.45, 2.75) is 25.6 Å². The molecule has 228 valence electrons. The molecule has 0 aliphatic carbocycles. The highest BCUT2D eigenvalue weighted by molar-refractivity contribution is 5.46. The lowest BCUT2D eigenvalue weighted by Gasteiger charge is -2.14. The van der Waals surface area contributed by atoms with Crippen LogP contribution in [0.2, 0.25) is 0 Å². The molecule has 2 aliphatic rings. The van der Waals surface area contributed by atoms with Gasteiger partial charge in [-0.05, 0) is 109 Å². The van der Waals surface area contributed by atoms with Gasteiger partial charge in [0.15, 0.2) is 0 Å². The van der Waals surface area contributed by atoms with Crippen LogP contribution in [-0.2, 0) is 9.47 Å². The first-order chi connectivity index (χ1) is 22.1. The van der Waals surface area contributed by atoms with Crippen LogP contribution in [0.25, 0.3) is 0 Å². The molecule has 0 aromatic heterocycles. The predicted molar refractivity (Wildman–Crippen MR) is 173 cm³/mol. The number of hydrogen-bond acceptors (Lipinski definition) is 6. The van der Waals surface area contributed by atoms with Crippen LogP contribution < -0.4 is 18.9 Å². The molecule has 45 heavy (non-hydrogen) atoms. The van der Waals surface area contributed by atoms with Crippen molar-refractivity contribution in [3.63, 3.8) is 0 Å². The van der Waals surface area contributed by atoms with E-state index in [4.69, 9.17) is 28.4 Å². The maximum absolute atomic E-state index is 6.00. The topological polar surface area (TPSA) is 62.0 Å². The largest absolute Gasteiger partial charge is 0.494 e. The van der Waals surface area contributed by atoms with Gasteiger partial charge in [-0.1, -0.05) is 30.6 Å². The maximum atomic E-state index is 6.00. The molecule has 2 saturated heterocycles. The van der Waals surface area contributed by atoms with E-state index in [-0.39, 0.29) is 12.2 Å². The summed E-state index contributed by atoms with van der Waals surface area (Å²) in [6.45, 7) is 6.19. The van der Waals surface area contributed by atoms with Crippen molar-refractivity contribution in [2.75, 3.05) is 39.6 Å². The van der Waals surface area contributed by atoms with E-state index in [2.05, 4.69) is 30.6 Å². The minimum atomic E-state index is 0.250. The second-order valence-electron chi connectivity index (χ2n) is 11.2. The summed E-state index contributed by atoms with van der Waals surface area (Å²) in [4.78, 5) is 0. The van der Waals surface area contributed by atoms with Gasteiger partial charge in [-0.2, -0.15) is 0 Å². The number of benzene rings is 4. The fraction of sp³-hybridized carbons (Fsp3) is 0.282. The highest BCUT2D eigenvalue weighted by atomic mass is 16.6. The molecule has 0 N–H and O–H groups in total. The lowest BCUT2D eigenvalue weighted by atomic mass is 10.1. The summed E-state index contributed by atoms with van der Waals surface area (Å²) in [6.07, 6.45) is 1.39. The normalized spacial score (nSPS) is 16.6. The van der Waals surface area contributed by atoms with Crippen molar-refractivity contribution in [2.24, 2.45) is 5.92 Å². The number of hydrogen-bond donors (Lipinski definition) is 0. The Bertz CT molecular complexity index is 1630. The van der Waals surface area contributed by atoms with Crippen molar-refractivity contribution in [3.8, 4) is 46.7 Å². The Morgan fingerprint density at radius 3 is 1.22 bits per heavy atom. The second-order valence-corrected chi connectivity index (χ2v) is 11.2. The van der Waals surface area contributed by atoms with Crippen molar-refractivity contribution in [3.05, 3.63) is 119 Å². The quantitative estimate of drug-likeness (QED) is 0.129. The van der Waals surface area contributed by atoms with E-state index in [1.54, 1.807) is 0 Å². The minimum absolute atomic E-state index is 0.250. The molecular weight excluding hydrogens is 564 g/mol. The molecule has 3 unspecified atom stereocenters. The van der Waals surface area contributed by atoms with Crippen LogP contribution in [0.1, 0.15) is 35.6 Å². The van der Waals surface area contributed by atoms with Gasteiger partial charge in [0.25, 0.3) is 0 Å². The molecule has 4 aromatic carbocycles. The molecule has 2 fully saturated rings. The van der Waals surface area contributed by atoms with Gasteiger partial charge in [0.05, 0.1) is 26.4 Å². The molecule has 2 heterocycles. The molecule has 6 nitrogen and oxygen atoms in total. The Balaban J connectivity index is 0.874. The summed E-state index contributed by atoms with van der Waals surface area (Å²) < 4.78 is 33.6. The fourth-order valence-corrected chi connectivity index (χ4v) is 4.23. The third-order valence-electron chi connectivity index (χ3n) is 7.21. The van der Waals surface area contributed by atoms with Gasteiger partial charge >= 0.3 is 0 Å². The standard InChI is InChI=1S/C39H36O6/c1-29(24-41-35-16-8-31(9-17-35)4-5-33-12-20-37(21-13-33)43-26-39-28-45-39)22-23-40-34-14-6-30(7-15-34)2-3-32-10-18-36(19-11-32)42-25-38-27-44-38/h6-21,29,38-39H,22-28H2,1H3. The molecular formula is C39H36O6. The first kappa shape index (κ1) is 30.2. The molecule has 0 amide bonds. The Morgan fingerprint density at radius 2 is 0.867 bits per heavy atom. The van der Waals surface area contributed by atoms with Crippen LogP contribution in [0.3, 0.4) is 0 Å². The Labute approximate surface area is 265 Å². The van der Waals surface area contributed by atoms with Gasteiger partial charge in [-0.25, -0.2) is 0 Å². The minimum Gasteiger partial charge on any atom is -0.494 e. The molecule has 6 rings (SSSR count). The predicted octanol–water partition coefficient (Wildman–Crippen LogP) is 6.53. The van der Waals surface area contributed by atoms with Crippen LogP contribution in [0.5, 0.6) is 23.0 Å². The van der Waals surface area contributed by atoms with Crippen molar-refractivity contribution in [1.29, 1.82) is 0 Å². The molecule has 0 saturated carbocycles. The number of epoxide rings is 2. The van der Waals surface area contributed by atoms with Crippen LogP contribution in [0, 0.1) is 29.6 Å². The van der Waals surface area contributed by atoms with Crippen LogP contribution in [-0.4, -0.2) is 51.8 Å². The van der Waals surface area contributed by atoms with Crippen molar-refractivity contribution < 1.29 is 28.4 Å². The smallest absolute Gasteiger partial charge is 0.119 e. The third kappa shape index (κ3) is 10.4. The summed E-state index contributed by atoms with van der Waals surface area (Å²) in [5.41, 5.74) is 3.75. The van der Waals surface area contributed by atoms with Crippen LogP contribution in [0.15, 0.2) is 97.1 Å². The molecule has 3 atom stereocenters. The first-order valence-corrected chi connectivity index (χ1v) is 15.3. The fourth-order valence-electron chi connectivity index (χ4n) is 4.23. The number of ether oxygens (including phenoxy) is 6. The van der Waals surface area contributed by atoms with Gasteiger partial charge in [0.1, 0.15) is 48.4 Å². The summed E-state index contributed by atoms with van der Waals surface area (Å²) in [7, 11) is 0. The summed E-state index contributed by atoms with van der Waals surface area (Å²) in [6, 6.07) is 31.4. The Kier molecular flexibility index (Phi) is 10.2. The van der Waals surface area contributed by atoms with E-state index in [9.17, 15) is 0 Å². The summed E-state index contributed by atoms with van der Waals surface area (Å²) in [5, 5.41) is 0. The van der Waals surface area contributed by atoms with Crippen LogP contribution in [0.4, 0.5) is 0 Å². The molecule has 2 aliphatic heterocycles. The lowest BCUT2D eigenvalue weighted by molar-refractivity contribution is 0.217. The Hall–Kier alpha value is -4.88. The summed E-state index contributed by atoms with van der Waals surface area (Å²) >= 11 is 0. The molecule has 4 aromatic rings. The van der Waals surface area contributed by atoms with Gasteiger partial charge in [-0.15, -0.1) is 0 Å². The van der Waals surface area contributed by atoms with Gasteiger partial charge in [-0.3, -0.25) is 0 Å². The maximum Gasteiger partial charge on any atom is 0.119 e. The van der Waals surface area contributed by atoms with Crippen molar-refractivity contribution in [1.82, 2.24) is 0 Å². The van der Waals surface area contributed by atoms with Gasteiger partial charge < -0.3 is 28.4 Å². The van der Waals surface area contributed by atoms with E-state index in [1.807, 2.05) is 97.1 Å². The first-order valence-electron chi connectivity index (χ1n) is 15.3. The van der Waals surface area contributed by atoms with E-state index < -0.39 is 0 Å². The zero-order valence-corrected chi connectivity index (χ0v) is 25.4. The average Bonchev–Trinajstić information content (AvgIpc) is 4.02. The SMILES string of the molecule is CC(CCOc1ccc(C#Cc2ccc(OCC3CO3)cc2)cc1)COc1ccc(C#Cc2ccc(OCC3CO3)cc2)cc1. The average molecular weight is 601 g/mol. The lowest BCUT2D eigenvalue weighted by Crippen LogP contribution is -2.12.